The standard InChI is InChI=1S/C15H26N2O4.ClH/c1-14(2,3)21-13(19)17-9-7-15(8-10-17)6-5-11(16-15)12(18)20-4;/h11,16H,5-10H2,1-4H3;1H. The maximum atomic E-state index is 12.0. The highest BCUT2D eigenvalue weighted by molar-refractivity contribution is 5.85. The van der Waals surface area contributed by atoms with Gasteiger partial charge in [0.2, 0.25) is 0 Å². The lowest BCUT2D eigenvalue weighted by Gasteiger charge is -2.40. The second-order valence-corrected chi connectivity index (χ2v) is 7.01. The predicted molar refractivity (Wildman–Crippen MR) is 85.2 cm³/mol. The first-order valence-electron chi connectivity index (χ1n) is 7.58. The van der Waals surface area contributed by atoms with Gasteiger partial charge in [-0.3, -0.25) is 10.1 Å². The summed E-state index contributed by atoms with van der Waals surface area (Å²) in [6.07, 6.45) is 3.20. The Morgan fingerprint density at radius 1 is 1.18 bits per heavy atom. The maximum absolute atomic E-state index is 12.0. The van der Waals surface area contributed by atoms with E-state index in [-0.39, 0.29) is 36.1 Å². The summed E-state index contributed by atoms with van der Waals surface area (Å²) in [5.41, 5.74) is -0.495. The molecule has 1 amide bonds. The number of likely N-dealkylation sites (tertiary alicyclic amines) is 1. The van der Waals surface area contributed by atoms with Crippen LogP contribution in [0.5, 0.6) is 0 Å². The van der Waals surface area contributed by atoms with E-state index in [9.17, 15) is 9.59 Å². The zero-order valence-electron chi connectivity index (χ0n) is 13.8. The van der Waals surface area contributed by atoms with Crippen molar-refractivity contribution in [2.24, 2.45) is 0 Å². The Bertz CT molecular complexity index is 414. The van der Waals surface area contributed by atoms with Crippen LogP contribution in [0.3, 0.4) is 0 Å². The molecule has 2 heterocycles. The number of nitrogens with zero attached hydrogens (tertiary/aromatic N) is 1. The van der Waals surface area contributed by atoms with Crippen molar-refractivity contribution in [1.82, 2.24) is 10.2 Å². The number of carbonyl (C=O) groups excluding carboxylic acids is 2. The molecule has 128 valence electrons. The summed E-state index contributed by atoms with van der Waals surface area (Å²) in [5.74, 6) is -0.193. The van der Waals surface area contributed by atoms with Gasteiger partial charge in [-0.25, -0.2) is 4.79 Å². The van der Waals surface area contributed by atoms with Gasteiger partial charge in [-0.05, 0) is 46.5 Å². The van der Waals surface area contributed by atoms with Gasteiger partial charge in [0.1, 0.15) is 11.6 Å². The number of rotatable bonds is 1. The molecule has 1 unspecified atom stereocenters. The van der Waals surface area contributed by atoms with E-state index in [2.05, 4.69) is 5.32 Å². The molecule has 7 heteroatoms. The Labute approximate surface area is 138 Å². The van der Waals surface area contributed by atoms with Crippen LogP contribution in [-0.4, -0.2) is 54.3 Å². The third kappa shape index (κ3) is 4.49. The molecule has 0 aromatic rings. The summed E-state index contributed by atoms with van der Waals surface area (Å²) < 4.78 is 10.2. The van der Waals surface area contributed by atoms with Gasteiger partial charge in [0, 0.05) is 18.6 Å². The molecule has 1 spiro atoms. The number of halogens is 1. The molecular weight excluding hydrogens is 308 g/mol. The van der Waals surface area contributed by atoms with E-state index >= 15 is 0 Å². The topological polar surface area (TPSA) is 67.9 Å². The van der Waals surface area contributed by atoms with Crippen LogP contribution < -0.4 is 5.32 Å². The van der Waals surface area contributed by atoms with E-state index in [0.29, 0.717) is 13.1 Å². The Balaban J connectivity index is 0.00000242. The minimum absolute atomic E-state index is 0. The molecule has 0 saturated carbocycles. The summed E-state index contributed by atoms with van der Waals surface area (Å²) >= 11 is 0. The number of hydrogen-bond donors (Lipinski definition) is 1. The molecular formula is C15H27ClN2O4. The van der Waals surface area contributed by atoms with Gasteiger partial charge < -0.3 is 14.4 Å². The largest absolute Gasteiger partial charge is 0.468 e. The molecule has 2 rings (SSSR count). The van der Waals surface area contributed by atoms with Gasteiger partial charge in [-0.2, -0.15) is 0 Å². The molecule has 1 N–H and O–H groups in total. The summed E-state index contributed by atoms with van der Waals surface area (Å²) in [5, 5.41) is 3.41. The fraction of sp³-hybridized carbons (Fsp3) is 0.867. The van der Waals surface area contributed by atoms with E-state index in [1.165, 1.54) is 7.11 Å². The summed E-state index contributed by atoms with van der Waals surface area (Å²) in [4.78, 5) is 25.4. The monoisotopic (exact) mass is 334 g/mol. The van der Waals surface area contributed by atoms with E-state index in [1.807, 2.05) is 20.8 Å². The first-order valence-corrected chi connectivity index (χ1v) is 7.58. The van der Waals surface area contributed by atoms with Crippen LogP contribution in [0.15, 0.2) is 0 Å². The average molecular weight is 335 g/mol. The lowest BCUT2D eigenvalue weighted by atomic mass is 9.86. The van der Waals surface area contributed by atoms with Crippen molar-refractivity contribution in [3.63, 3.8) is 0 Å². The van der Waals surface area contributed by atoms with Crippen LogP contribution in [0.4, 0.5) is 4.79 Å². The SMILES string of the molecule is COC(=O)C1CCC2(CCN(C(=O)OC(C)(C)C)CC2)N1.Cl. The normalized spacial score (nSPS) is 23.8. The first kappa shape index (κ1) is 19.0. The number of carbonyl (C=O) groups is 2. The molecule has 0 radical (unpaired) electrons. The zero-order valence-corrected chi connectivity index (χ0v) is 14.6. The van der Waals surface area contributed by atoms with Crippen molar-refractivity contribution in [1.29, 1.82) is 0 Å². The maximum Gasteiger partial charge on any atom is 0.410 e. The fourth-order valence-electron chi connectivity index (χ4n) is 3.09. The van der Waals surface area contributed by atoms with Gasteiger partial charge in [0.15, 0.2) is 0 Å². The van der Waals surface area contributed by atoms with Crippen molar-refractivity contribution in [3.8, 4) is 0 Å². The van der Waals surface area contributed by atoms with Crippen molar-refractivity contribution in [3.05, 3.63) is 0 Å². The number of piperidine rings is 1. The van der Waals surface area contributed by atoms with Crippen LogP contribution in [0, 0.1) is 0 Å². The van der Waals surface area contributed by atoms with Crippen LogP contribution >= 0.6 is 12.4 Å². The van der Waals surface area contributed by atoms with Crippen molar-refractivity contribution in [2.75, 3.05) is 20.2 Å². The van der Waals surface area contributed by atoms with Gasteiger partial charge >= 0.3 is 12.1 Å². The number of esters is 1. The number of ether oxygens (including phenoxy) is 2. The Hall–Kier alpha value is -1.01. The van der Waals surface area contributed by atoms with E-state index in [1.54, 1.807) is 4.90 Å². The molecule has 2 saturated heterocycles. The van der Waals surface area contributed by atoms with E-state index in [4.69, 9.17) is 9.47 Å². The second-order valence-electron chi connectivity index (χ2n) is 7.01. The van der Waals surface area contributed by atoms with Crippen molar-refractivity contribution < 1.29 is 19.1 Å². The van der Waals surface area contributed by atoms with Gasteiger partial charge in [0.25, 0.3) is 0 Å². The molecule has 6 nitrogen and oxygen atoms in total. The third-order valence-corrected chi connectivity index (χ3v) is 4.25. The van der Waals surface area contributed by atoms with Crippen molar-refractivity contribution in [2.45, 2.75) is 63.6 Å². The highest BCUT2D eigenvalue weighted by Crippen LogP contribution is 2.34. The molecule has 1 atom stereocenters. The highest BCUT2D eigenvalue weighted by Gasteiger charge is 2.44. The predicted octanol–water partition coefficient (Wildman–Crippen LogP) is 2.10. The summed E-state index contributed by atoms with van der Waals surface area (Å²) in [6.45, 7) is 6.94. The lowest BCUT2D eigenvalue weighted by molar-refractivity contribution is -0.143. The van der Waals surface area contributed by atoms with Gasteiger partial charge in [-0.1, -0.05) is 0 Å². The molecule has 0 aromatic heterocycles. The fourth-order valence-corrected chi connectivity index (χ4v) is 3.09. The molecule has 22 heavy (non-hydrogen) atoms. The minimum atomic E-state index is -0.464. The summed E-state index contributed by atoms with van der Waals surface area (Å²) in [7, 11) is 1.42. The molecule has 0 aromatic carbocycles. The Morgan fingerprint density at radius 3 is 2.27 bits per heavy atom. The van der Waals surface area contributed by atoms with Gasteiger partial charge in [0.05, 0.1) is 7.11 Å². The smallest absolute Gasteiger partial charge is 0.410 e. The lowest BCUT2D eigenvalue weighted by Crippen LogP contribution is -2.54. The Kier molecular flexibility index (Phi) is 6.10. The van der Waals surface area contributed by atoms with Crippen LogP contribution in [-0.2, 0) is 14.3 Å². The van der Waals surface area contributed by atoms with E-state index < -0.39 is 5.60 Å². The quantitative estimate of drug-likeness (QED) is 0.744. The minimum Gasteiger partial charge on any atom is -0.468 e. The van der Waals surface area contributed by atoms with Gasteiger partial charge in [-0.15, -0.1) is 12.4 Å². The molecule has 0 aliphatic carbocycles. The van der Waals surface area contributed by atoms with Crippen molar-refractivity contribution >= 4 is 24.5 Å². The molecule has 2 fully saturated rings. The molecule has 2 aliphatic rings. The third-order valence-electron chi connectivity index (χ3n) is 4.25. The number of nitrogens with one attached hydrogen (secondary N) is 1. The molecule has 2 aliphatic heterocycles. The average Bonchev–Trinajstić information content (AvgIpc) is 2.81. The first-order chi connectivity index (χ1) is 9.75. The van der Waals surface area contributed by atoms with E-state index in [0.717, 1.165) is 25.7 Å². The van der Waals surface area contributed by atoms with Crippen LogP contribution in [0.25, 0.3) is 0 Å². The van der Waals surface area contributed by atoms with Crippen LogP contribution in [0.2, 0.25) is 0 Å². The number of hydrogen-bond acceptors (Lipinski definition) is 5. The summed E-state index contributed by atoms with van der Waals surface area (Å²) in [6, 6.07) is -0.205. The molecule has 0 bridgehead atoms. The van der Waals surface area contributed by atoms with Crippen LogP contribution in [0.1, 0.15) is 46.5 Å². The number of methoxy groups -OCH3 is 1. The zero-order chi connectivity index (χ0) is 15.7. The Morgan fingerprint density at radius 2 is 1.77 bits per heavy atom. The number of amides is 1. The highest BCUT2D eigenvalue weighted by atomic mass is 35.5. The second kappa shape index (κ2) is 7.04.